The molecule has 2 nitrogen and oxygen atoms in total. The lowest BCUT2D eigenvalue weighted by atomic mass is 9.96. The molecule has 0 saturated heterocycles. The second-order valence-electron chi connectivity index (χ2n) is 7.46. The van der Waals surface area contributed by atoms with Crippen molar-refractivity contribution >= 4 is 65.6 Å². The summed E-state index contributed by atoms with van der Waals surface area (Å²) in [4.78, 5) is 1.16. The van der Waals surface area contributed by atoms with Crippen LogP contribution in [-0.4, -0.2) is 0 Å². The molecule has 0 N–H and O–H groups in total. The molecule has 0 saturated carbocycles. The topological polar surface area (TPSA) is 26.3 Å². The summed E-state index contributed by atoms with van der Waals surface area (Å²) >= 11 is 1.70. The number of hydrogen-bond donors (Lipinski definition) is 0. The highest BCUT2D eigenvalue weighted by Crippen LogP contribution is 2.37. The molecule has 3 heterocycles. The fraction of sp³-hybridized carbons (Fsp3) is 0. The van der Waals surface area contributed by atoms with E-state index in [0.29, 0.717) is 0 Å². The van der Waals surface area contributed by atoms with Crippen LogP contribution in [-0.2, 0) is 0 Å². The summed E-state index contributed by atoms with van der Waals surface area (Å²) in [5.41, 5.74) is 1.86. The number of fused-ring (bicyclic) bond motifs is 7. The first-order valence-corrected chi connectivity index (χ1v) is 10.5. The zero-order chi connectivity index (χ0) is 18.9. The van der Waals surface area contributed by atoms with Crippen molar-refractivity contribution in [2.45, 2.75) is 0 Å². The lowest BCUT2D eigenvalue weighted by molar-refractivity contribution is 0.616. The van der Waals surface area contributed by atoms with Gasteiger partial charge in [0.25, 0.3) is 0 Å². The Morgan fingerprint density at radius 1 is 0.586 bits per heavy atom. The average molecular weight is 390 g/mol. The predicted molar refractivity (Wildman–Crippen MR) is 122 cm³/mol. The van der Waals surface area contributed by atoms with Crippen LogP contribution < -0.4 is 0 Å². The van der Waals surface area contributed by atoms with Gasteiger partial charge in [-0.1, -0.05) is 30.3 Å². The van der Waals surface area contributed by atoms with Crippen molar-refractivity contribution in [3.63, 3.8) is 0 Å². The molecule has 0 atom stereocenters. The Hall–Kier alpha value is -3.56. The van der Waals surface area contributed by atoms with Gasteiger partial charge in [0.2, 0.25) is 0 Å². The molecule has 0 spiro atoms. The molecule has 0 radical (unpaired) electrons. The van der Waals surface area contributed by atoms with Crippen molar-refractivity contribution in [3.05, 3.63) is 84.4 Å². The van der Waals surface area contributed by atoms with Gasteiger partial charge in [0, 0.05) is 10.8 Å². The van der Waals surface area contributed by atoms with E-state index in [9.17, 15) is 0 Å². The summed E-state index contributed by atoms with van der Waals surface area (Å²) in [5.74, 6) is 0.933. The van der Waals surface area contributed by atoms with Crippen LogP contribution in [0.25, 0.3) is 64.9 Å². The van der Waals surface area contributed by atoms with Crippen LogP contribution >= 0.6 is 11.3 Å². The standard InChI is InChI=1S/C26H14O2S/c1-2-26(29-9-1)25-14-18-11-22-16(13-24(18)28-25)4-6-19-20(22)5-3-15-12-23-17(7-8-27-23)10-21(15)19/h1-14H. The smallest absolute Gasteiger partial charge is 0.145 e. The summed E-state index contributed by atoms with van der Waals surface area (Å²) in [6, 6.07) is 25.9. The van der Waals surface area contributed by atoms with E-state index in [-0.39, 0.29) is 0 Å². The molecule has 136 valence electrons. The van der Waals surface area contributed by atoms with Gasteiger partial charge < -0.3 is 8.83 Å². The fourth-order valence-corrected chi connectivity index (χ4v) is 5.08. The van der Waals surface area contributed by atoms with Gasteiger partial charge >= 0.3 is 0 Å². The van der Waals surface area contributed by atoms with Gasteiger partial charge in [-0.15, -0.1) is 11.3 Å². The Labute approximate surface area is 169 Å². The van der Waals surface area contributed by atoms with Crippen LogP contribution in [0.4, 0.5) is 0 Å². The average Bonchev–Trinajstić information content (AvgIpc) is 3.49. The zero-order valence-corrected chi connectivity index (χ0v) is 16.1. The first-order chi connectivity index (χ1) is 14.3. The first-order valence-electron chi connectivity index (χ1n) is 9.57. The minimum absolute atomic E-state index is 0.929. The molecule has 0 amide bonds. The Balaban J connectivity index is 1.56. The second-order valence-corrected chi connectivity index (χ2v) is 8.40. The number of rotatable bonds is 1. The van der Waals surface area contributed by atoms with Crippen molar-refractivity contribution in [1.82, 2.24) is 0 Å². The van der Waals surface area contributed by atoms with Gasteiger partial charge in [0.05, 0.1) is 11.1 Å². The maximum atomic E-state index is 6.14. The van der Waals surface area contributed by atoms with Gasteiger partial charge in [-0.25, -0.2) is 0 Å². The molecule has 4 aromatic carbocycles. The third-order valence-corrected chi connectivity index (χ3v) is 6.69. The highest BCUT2D eigenvalue weighted by Gasteiger charge is 2.11. The fourth-order valence-electron chi connectivity index (χ4n) is 4.41. The molecule has 3 aromatic heterocycles. The Morgan fingerprint density at radius 3 is 2.10 bits per heavy atom. The summed E-state index contributed by atoms with van der Waals surface area (Å²) in [6.45, 7) is 0. The summed E-state index contributed by atoms with van der Waals surface area (Å²) in [7, 11) is 0. The predicted octanol–water partition coefficient (Wildman–Crippen LogP) is 8.37. The van der Waals surface area contributed by atoms with Crippen molar-refractivity contribution < 1.29 is 8.83 Å². The summed E-state index contributed by atoms with van der Waals surface area (Å²) in [6.07, 6.45) is 1.75. The highest BCUT2D eigenvalue weighted by atomic mass is 32.1. The third kappa shape index (κ3) is 2.16. The molecular weight excluding hydrogens is 376 g/mol. The maximum absolute atomic E-state index is 6.14. The van der Waals surface area contributed by atoms with E-state index in [2.05, 4.69) is 72.1 Å². The molecule has 3 heteroatoms. The minimum Gasteiger partial charge on any atom is -0.464 e. The molecule has 0 aliphatic heterocycles. The van der Waals surface area contributed by atoms with Crippen LogP contribution in [0.1, 0.15) is 0 Å². The van der Waals surface area contributed by atoms with E-state index in [1.54, 1.807) is 17.6 Å². The minimum atomic E-state index is 0.929. The second kappa shape index (κ2) is 5.49. The van der Waals surface area contributed by atoms with E-state index in [1.807, 2.05) is 6.07 Å². The number of furan rings is 2. The van der Waals surface area contributed by atoms with Crippen molar-refractivity contribution in [1.29, 1.82) is 0 Å². The van der Waals surface area contributed by atoms with Crippen LogP contribution in [0.15, 0.2) is 93.3 Å². The zero-order valence-electron chi connectivity index (χ0n) is 15.3. The third-order valence-electron chi connectivity index (χ3n) is 5.81. The van der Waals surface area contributed by atoms with Gasteiger partial charge in [-0.3, -0.25) is 0 Å². The number of benzene rings is 4. The lowest BCUT2D eigenvalue weighted by Gasteiger charge is -2.08. The molecule has 0 aliphatic carbocycles. The maximum Gasteiger partial charge on any atom is 0.145 e. The summed E-state index contributed by atoms with van der Waals surface area (Å²) in [5, 5.41) is 11.8. The first kappa shape index (κ1) is 15.4. The lowest BCUT2D eigenvalue weighted by Crippen LogP contribution is -1.81. The molecule has 29 heavy (non-hydrogen) atoms. The highest BCUT2D eigenvalue weighted by molar-refractivity contribution is 7.13. The Bertz CT molecular complexity index is 1700. The molecule has 0 unspecified atom stereocenters. The monoisotopic (exact) mass is 390 g/mol. The largest absolute Gasteiger partial charge is 0.464 e. The molecule has 0 fully saturated rings. The van der Waals surface area contributed by atoms with E-state index in [0.717, 1.165) is 32.6 Å². The number of hydrogen-bond acceptors (Lipinski definition) is 3. The van der Waals surface area contributed by atoms with Gasteiger partial charge in [-0.05, 0) is 80.2 Å². The molecule has 7 aromatic rings. The molecular formula is C26H14O2S. The van der Waals surface area contributed by atoms with E-state index >= 15 is 0 Å². The van der Waals surface area contributed by atoms with Crippen LogP contribution in [0, 0.1) is 0 Å². The Kier molecular flexibility index (Phi) is 2.91. The molecule has 0 bridgehead atoms. The quantitative estimate of drug-likeness (QED) is 0.263. The molecule has 0 aliphatic rings. The van der Waals surface area contributed by atoms with E-state index in [1.165, 1.54) is 32.3 Å². The molecule has 7 rings (SSSR count). The van der Waals surface area contributed by atoms with Crippen molar-refractivity contribution in [2.75, 3.05) is 0 Å². The van der Waals surface area contributed by atoms with Crippen LogP contribution in [0.3, 0.4) is 0 Å². The summed E-state index contributed by atoms with van der Waals surface area (Å²) < 4.78 is 11.7. The number of thiophene rings is 1. The SMILES string of the molecule is c1csc(-c2cc3cc4c(ccc5c6cc7ccoc7cc6ccc45)cc3o2)c1. The Morgan fingerprint density at radius 2 is 1.34 bits per heavy atom. The normalized spacial score (nSPS) is 12.1. The van der Waals surface area contributed by atoms with Gasteiger partial charge in [0.1, 0.15) is 16.9 Å². The van der Waals surface area contributed by atoms with Crippen molar-refractivity contribution in [2.24, 2.45) is 0 Å². The van der Waals surface area contributed by atoms with E-state index < -0.39 is 0 Å². The van der Waals surface area contributed by atoms with Crippen LogP contribution in [0.2, 0.25) is 0 Å². The van der Waals surface area contributed by atoms with Crippen molar-refractivity contribution in [3.8, 4) is 10.6 Å². The van der Waals surface area contributed by atoms with E-state index in [4.69, 9.17) is 8.83 Å². The van der Waals surface area contributed by atoms with Gasteiger partial charge in [0.15, 0.2) is 0 Å². The van der Waals surface area contributed by atoms with Gasteiger partial charge in [-0.2, -0.15) is 0 Å². The van der Waals surface area contributed by atoms with Crippen LogP contribution in [0.5, 0.6) is 0 Å².